The van der Waals surface area contributed by atoms with Gasteiger partial charge in [0.1, 0.15) is 0 Å². The maximum Gasteiger partial charge on any atom is 0.307 e. The minimum Gasteiger partial charge on any atom is -0.481 e. The molecule has 0 aromatic heterocycles. The van der Waals surface area contributed by atoms with Crippen LogP contribution in [0.4, 0.5) is 0 Å². The van der Waals surface area contributed by atoms with E-state index in [4.69, 9.17) is 5.11 Å². The summed E-state index contributed by atoms with van der Waals surface area (Å²) in [5.74, 6) is -1.63. The van der Waals surface area contributed by atoms with Crippen molar-refractivity contribution in [2.45, 2.75) is 44.6 Å². The highest BCUT2D eigenvalue weighted by Crippen LogP contribution is 2.24. The first-order valence-electron chi connectivity index (χ1n) is 6.65. The molecule has 1 N–H and O–H groups in total. The average molecular weight is 307 g/mol. The molecule has 1 unspecified atom stereocenters. The molecule has 1 fully saturated rings. The van der Waals surface area contributed by atoms with Gasteiger partial charge in [0, 0.05) is 19.0 Å². The van der Waals surface area contributed by atoms with Crippen LogP contribution in [0.25, 0.3) is 0 Å². The summed E-state index contributed by atoms with van der Waals surface area (Å²) >= 11 is 0. The van der Waals surface area contributed by atoms with Gasteiger partial charge in [-0.05, 0) is 19.3 Å². The molecule has 0 radical (unpaired) electrons. The standard InChI is InChI=1S/C12H21NO6S/c1-19-12(16)9-10-5-2-3-7-13(10)20(17,18)8-4-6-11(14)15/h10H,2-9H2,1H3,(H,14,15). The van der Waals surface area contributed by atoms with Crippen LogP contribution in [0.5, 0.6) is 0 Å². The Kier molecular flexibility index (Phi) is 6.41. The molecule has 1 saturated heterocycles. The number of nitrogens with zero attached hydrogens (tertiary/aromatic N) is 1. The zero-order valence-corrected chi connectivity index (χ0v) is 12.4. The number of methoxy groups -OCH3 is 1. The van der Waals surface area contributed by atoms with Crippen LogP contribution in [0.3, 0.4) is 0 Å². The minimum absolute atomic E-state index is 0.0503. The van der Waals surface area contributed by atoms with Crippen LogP contribution < -0.4 is 0 Å². The minimum atomic E-state index is -3.52. The molecule has 0 aromatic rings. The molecule has 1 aliphatic heterocycles. The van der Waals surface area contributed by atoms with Gasteiger partial charge in [-0.25, -0.2) is 8.42 Å². The highest BCUT2D eigenvalue weighted by molar-refractivity contribution is 7.89. The number of hydrogen-bond donors (Lipinski definition) is 1. The van der Waals surface area contributed by atoms with Crippen molar-refractivity contribution in [1.29, 1.82) is 0 Å². The fourth-order valence-corrected chi connectivity index (χ4v) is 4.13. The van der Waals surface area contributed by atoms with E-state index >= 15 is 0 Å². The number of carboxylic acids is 1. The van der Waals surface area contributed by atoms with Gasteiger partial charge in [-0.3, -0.25) is 9.59 Å². The highest BCUT2D eigenvalue weighted by atomic mass is 32.2. The van der Waals surface area contributed by atoms with E-state index in [1.165, 1.54) is 11.4 Å². The summed E-state index contributed by atoms with van der Waals surface area (Å²) in [4.78, 5) is 21.8. The van der Waals surface area contributed by atoms with E-state index in [1.807, 2.05) is 0 Å². The maximum absolute atomic E-state index is 12.2. The number of hydrogen-bond acceptors (Lipinski definition) is 5. The topological polar surface area (TPSA) is 101 Å². The van der Waals surface area contributed by atoms with E-state index < -0.39 is 22.0 Å². The fraction of sp³-hybridized carbons (Fsp3) is 0.833. The van der Waals surface area contributed by atoms with Gasteiger partial charge in [-0.2, -0.15) is 4.31 Å². The summed E-state index contributed by atoms with van der Waals surface area (Å²) in [7, 11) is -2.25. The second kappa shape index (κ2) is 7.58. The van der Waals surface area contributed by atoms with Crippen LogP contribution in [0.1, 0.15) is 38.5 Å². The zero-order chi connectivity index (χ0) is 15.2. The molecule has 0 spiro atoms. The Morgan fingerprint density at radius 1 is 1.35 bits per heavy atom. The second-order valence-corrected chi connectivity index (χ2v) is 6.89. The molecule has 1 heterocycles. The SMILES string of the molecule is COC(=O)CC1CCCCN1S(=O)(=O)CCCC(=O)O. The first-order valence-corrected chi connectivity index (χ1v) is 8.26. The summed E-state index contributed by atoms with van der Waals surface area (Å²) in [5, 5.41) is 8.55. The van der Waals surface area contributed by atoms with Crippen molar-refractivity contribution >= 4 is 22.0 Å². The molecule has 0 bridgehead atoms. The van der Waals surface area contributed by atoms with E-state index in [-0.39, 0.29) is 31.1 Å². The van der Waals surface area contributed by atoms with E-state index in [0.29, 0.717) is 13.0 Å². The summed E-state index contributed by atoms with van der Waals surface area (Å²) in [6.45, 7) is 0.386. The summed E-state index contributed by atoms with van der Waals surface area (Å²) in [6.07, 6.45) is 2.23. The van der Waals surface area contributed by atoms with Crippen LogP contribution in [0, 0.1) is 0 Å². The van der Waals surface area contributed by atoms with Crippen molar-refractivity contribution in [1.82, 2.24) is 4.31 Å². The van der Waals surface area contributed by atoms with Crippen molar-refractivity contribution in [2.24, 2.45) is 0 Å². The number of esters is 1. The van der Waals surface area contributed by atoms with Gasteiger partial charge in [0.15, 0.2) is 0 Å². The maximum atomic E-state index is 12.2. The quantitative estimate of drug-likeness (QED) is 0.691. The van der Waals surface area contributed by atoms with E-state index in [9.17, 15) is 18.0 Å². The molecule has 1 rings (SSSR count). The Hall–Kier alpha value is -1.15. The van der Waals surface area contributed by atoms with Gasteiger partial charge in [-0.15, -0.1) is 0 Å². The number of rotatable bonds is 7. The van der Waals surface area contributed by atoms with Crippen molar-refractivity contribution in [3.63, 3.8) is 0 Å². The zero-order valence-electron chi connectivity index (χ0n) is 11.6. The lowest BCUT2D eigenvalue weighted by Gasteiger charge is -2.34. The lowest BCUT2D eigenvalue weighted by molar-refractivity contribution is -0.142. The predicted molar refractivity (Wildman–Crippen MR) is 71.6 cm³/mol. The summed E-state index contributed by atoms with van der Waals surface area (Å²) < 4.78 is 30.4. The van der Waals surface area contributed by atoms with Crippen LogP contribution in [0.2, 0.25) is 0 Å². The summed E-state index contributed by atoms with van der Waals surface area (Å²) in [6, 6.07) is -0.369. The largest absolute Gasteiger partial charge is 0.481 e. The third-order valence-electron chi connectivity index (χ3n) is 3.35. The van der Waals surface area contributed by atoms with Gasteiger partial charge < -0.3 is 9.84 Å². The molecule has 0 saturated carbocycles. The normalized spacial score (nSPS) is 20.6. The van der Waals surface area contributed by atoms with Gasteiger partial charge in [-0.1, -0.05) is 6.42 Å². The van der Waals surface area contributed by atoms with Crippen molar-refractivity contribution < 1.29 is 27.9 Å². The number of carbonyl (C=O) groups is 2. The Balaban J connectivity index is 2.67. The van der Waals surface area contributed by atoms with Crippen LogP contribution in [-0.4, -0.2) is 55.2 Å². The first kappa shape index (κ1) is 16.9. The second-order valence-electron chi connectivity index (χ2n) is 4.85. The molecule has 0 aromatic carbocycles. The number of piperidine rings is 1. The smallest absolute Gasteiger partial charge is 0.307 e. The molecular weight excluding hydrogens is 286 g/mol. The Labute approximate surface area is 118 Å². The Morgan fingerprint density at radius 2 is 2.05 bits per heavy atom. The molecule has 116 valence electrons. The predicted octanol–water partition coefficient (Wildman–Crippen LogP) is 0.599. The van der Waals surface area contributed by atoms with E-state index in [2.05, 4.69) is 4.74 Å². The lowest BCUT2D eigenvalue weighted by atomic mass is 10.0. The Bertz CT molecular complexity index is 447. The molecule has 0 aliphatic carbocycles. The van der Waals surface area contributed by atoms with E-state index in [1.54, 1.807) is 0 Å². The highest BCUT2D eigenvalue weighted by Gasteiger charge is 2.33. The molecule has 0 amide bonds. The van der Waals surface area contributed by atoms with Gasteiger partial charge in [0.05, 0.1) is 19.3 Å². The summed E-state index contributed by atoms with van der Waals surface area (Å²) in [5.41, 5.74) is 0. The van der Waals surface area contributed by atoms with Crippen LogP contribution >= 0.6 is 0 Å². The number of ether oxygens (including phenoxy) is 1. The van der Waals surface area contributed by atoms with Crippen molar-refractivity contribution in [3.8, 4) is 0 Å². The molecule has 8 heteroatoms. The number of carboxylic acid groups (broad SMARTS) is 1. The van der Waals surface area contributed by atoms with Crippen molar-refractivity contribution in [2.75, 3.05) is 19.4 Å². The fourth-order valence-electron chi connectivity index (χ4n) is 2.34. The molecule has 7 nitrogen and oxygen atoms in total. The third-order valence-corrected chi connectivity index (χ3v) is 5.35. The van der Waals surface area contributed by atoms with Crippen LogP contribution in [-0.2, 0) is 24.3 Å². The first-order chi connectivity index (χ1) is 9.36. The number of carbonyl (C=O) groups excluding carboxylic acids is 1. The molecule has 1 atom stereocenters. The molecule has 1 aliphatic rings. The molecule has 20 heavy (non-hydrogen) atoms. The number of sulfonamides is 1. The molecular formula is C12H21NO6S. The number of aliphatic carboxylic acids is 1. The van der Waals surface area contributed by atoms with Crippen LogP contribution in [0.15, 0.2) is 0 Å². The average Bonchev–Trinajstić information content (AvgIpc) is 2.38. The van der Waals surface area contributed by atoms with Crippen molar-refractivity contribution in [3.05, 3.63) is 0 Å². The third kappa shape index (κ3) is 5.09. The van der Waals surface area contributed by atoms with Gasteiger partial charge in [0.2, 0.25) is 10.0 Å². The van der Waals surface area contributed by atoms with Gasteiger partial charge in [0.25, 0.3) is 0 Å². The lowest BCUT2D eigenvalue weighted by Crippen LogP contribution is -2.45. The Morgan fingerprint density at radius 3 is 2.65 bits per heavy atom. The van der Waals surface area contributed by atoms with Gasteiger partial charge >= 0.3 is 11.9 Å². The monoisotopic (exact) mass is 307 g/mol. The van der Waals surface area contributed by atoms with E-state index in [0.717, 1.165) is 12.8 Å².